The van der Waals surface area contributed by atoms with Crippen LogP contribution in [0.3, 0.4) is 0 Å². The number of hydrogen-bond donors (Lipinski definition) is 1. The average Bonchev–Trinajstić information content (AvgIpc) is 2.81. The van der Waals surface area contributed by atoms with Crippen molar-refractivity contribution < 1.29 is 14.7 Å². The average molecular weight is 347 g/mol. The van der Waals surface area contributed by atoms with Crippen LogP contribution in [0.25, 0.3) is 0 Å². The summed E-state index contributed by atoms with van der Waals surface area (Å²) in [5.41, 5.74) is 0.420. The molecule has 0 saturated carbocycles. The summed E-state index contributed by atoms with van der Waals surface area (Å²) < 4.78 is 0. The minimum atomic E-state index is -0.882. The molecule has 25 heavy (non-hydrogen) atoms. The third kappa shape index (κ3) is 2.79. The Morgan fingerprint density at radius 3 is 2.56 bits per heavy atom. The summed E-state index contributed by atoms with van der Waals surface area (Å²) in [6.07, 6.45) is 3.13. The number of carboxylic acid groups (broad SMARTS) is 1. The van der Waals surface area contributed by atoms with E-state index >= 15 is 0 Å². The molecule has 1 aromatic heterocycles. The molecule has 0 radical (unpaired) electrons. The fourth-order valence-electron chi connectivity index (χ4n) is 4.11. The Balaban J connectivity index is 1.81. The molecule has 1 spiro atoms. The minimum absolute atomic E-state index is 0.0812. The first-order valence-corrected chi connectivity index (χ1v) is 8.51. The third-order valence-electron chi connectivity index (χ3n) is 5.64. The standard InChI is InChI=1S/C17H25N5O3/c1-11-10-18-16(19-14(11)20(2)3)22-7-5-17(6-8-22)12(15(24)25)9-13(23)21(17)4/h10,12H,5-9H2,1-4H3,(H,24,25)/t12-/m1/s1. The SMILES string of the molecule is Cc1cnc(N2CCC3(CC2)[C@@H](C(=O)O)CC(=O)N3C)nc1N(C)C. The fraction of sp³-hybridized carbons (Fsp3) is 0.647. The molecule has 2 aliphatic rings. The lowest BCUT2D eigenvalue weighted by Crippen LogP contribution is -2.56. The largest absolute Gasteiger partial charge is 0.481 e. The van der Waals surface area contributed by atoms with Crippen LogP contribution >= 0.6 is 0 Å². The molecule has 1 atom stereocenters. The predicted octanol–water partition coefficient (Wildman–Crippen LogP) is 0.753. The van der Waals surface area contributed by atoms with Gasteiger partial charge < -0.3 is 19.8 Å². The summed E-state index contributed by atoms with van der Waals surface area (Å²) in [5.74, 6) is -0.0664. The quantitative estimate of drug-likeness (QED) is 0.863. The number of carbonyl (C=O) groups excluding carboxylic acids is 1. The van der Waals surface area contributed by atoms with Crippen LogP contribution < -0.4 is 9.80 Å². The van der Waals surface area contributed by atoms with Crippen molar-refractivity contribution in [3.8, 4) is 0 Å². The number of rotatable bonds is 3. The van der Waals surface area contributed by atoms with E-state index in [1.54, 1.807) is 11.9 Å². The molecule has 0 unspecified atom stereocenters. The van der Waals surface area contributed by atoms with Gasteiger partial charge >= 0.3 is 5.97 Å². The van der Waals surface area contributed by atoms with E-state index in [-0.39, 0.29) is 12.3 Å². The van der Waals surface area contributed by atoms with Gasteiger partial charge in [-0.3, -0.25) is 9.59 Å². The van der Waals surface area contributed by atoms with E-state index in [1.165, 1.54) is 0 Å². The number of amides is 1. The maximum absolute atomic E-state index is 12.1. The zero-order valence-electron chi connectivity index (χ0n) is 15.2. The Labute approximate surface area is 147 Å². The summed E-state index contributed by atoms with van der Waals surface area (Å²) in [6, 6.07) is 0. The molecule has 1 N–H and O–H groups in total. The zero-order chi connectivity index (χ0) is 18.4. The van der Waals surface area contributed by atoms with Crippen LogP contribution in [0, 0.1) is 12.8 Å². The van der Waals surface area contributed by atoms with Crippen LogP contribution in [-0.2, 0) is 9.59 Å². The highest BCUT2D eigenvalue weighted by molar-refractivity contribution is 5.88. The lowest BCUT2D eigenvalue weighted by atomic mass is 9.77. The molecule has 0 aliphatic carbocycles. The summed E-state index contributed by atoms with van der Waals surface area (Å²) in [5, 5.41) is 9.55. The second-order valence-electron chi connectivity index (χ2n) is 7.21. The molecule has 136 valence electrons. The lowest BCUT2D eigenvalue weighted by molar-refractivity contribution is -0.145. The maximum atomic E-state index is 12.1. The topological polar surface area (TPSA) is 89.9 Å². The zero-order valence-corrected chi connectivity index (χ0v) is 15.2. The first kappa shape index (κ1) is 17.4. The van der Waals surface area contributed by atoms with Gasteiger partial charge in [0, 0.05) is 52.4 Å². The highest BCUT2D eigenvalue weighted by atomic mass is 16.4. The number of hydrogen-bond acceptors (Lipinski definition) is 6. The van der Waals surface area contributed by atoms with Gasteiger partial charge in [0.2, 0.25) is 11.9 Å². The number of piperidine rings is 1. The summed E-state index contributed by atoms with van der Waals surface area (Å²) in [4.78, 5) is 38.5. The second-order valence-corrected chi connectivity index (χ2v) is 7.21. The van der Waals surface area contributed by atoms with Crippen molar-refractivity contribution in [2.24, 2.45) is 5.92 Å². The molecule has 8 heteroatoms. The molecule has 2 aliphatic heterocycles. The molecule has 0 aromatic carbocycles. The molecule has 2 fully saturated rings. The Morgan fingerprint density at radius 2 is 2.00 bits per heavy atom. The van der Waals surface area contributed by atoms with Crippen molar-refractivity contribution in [2.45, 2.75) is 31.7 Å². The number of aryl methyl sites for hydroxylation is 1. The molecule has 0 bridgehead atoms. The van der Waals surface area contributed by atoms with Crippen molar-refractivity contribution in [3.05, 3.63) is 11.8 Å². The number of aromatic nitrogens is 2. The van der Waals surface area contributed by atoms with E-state index in [2.05, 4.69) is 14.9 Å². The fourth-order valence-corrected chi connectivity index (χ4v) is 4.11. The number of carbonyl (C=O) groups is 2. The molecule has 2 saturated heterocycles. The third-order valence-corrected chi connectivity index (χ3v) is 5.64. The first-order chi connectivity index (χ1) is 11.8. The van der Waals surface area contributed by atoms with Crippen molar-refractivity contribution in [1.82, 2.24) is 14.9 Å². The van der Waals surface area contributed by atoms with E-state index in [4.69, 9.17) is 0 Å². The van der Waals surface area contributed by atoms with Crippen molar-refractivity contribution in [2.75, 3.05) is 44.0 Å². The molecule has 1 aromatic rings. The van der Waals surface area contributed by atoms with E-state index in [0.29, 0.717) is 31.9 Å². The minimum Gasteiger partial charge on any atom is -0.481 e. The highest BCUT2D eigenvalue weighted by Crippen LogP contribution is 2.43. The lowest BCUT2D eigenvalue weighted by Gasteiger charge is -2.45. The van der Waals surface area contributed by atoms with Crippen LogP contribution in [0.1, 0.15) is 24.8 Å². The smallest absolute Gasteiger partial charge is 0.309 e. The van der Waals surface area contributed by atoms with Crippen LogP contribution in [0.2, 0.25) is 0 Å². The molecular weight excluding hydrogens is 322 g/mol. The van der Waals surface area contributed by atoms with Crippen LogP contribution in [0.5, 0.6) is 0 Å². The number of anilines is 2. The number of aliphatic carboxylic acids is 1. The second kappa shape index (κ2) is 6.16. The van der Waals surface area contributed by atoms with Gasteiger partial charge in [-0.15, -0.1) is 0 Å². The van der Waals surface area contributed by atoms with Crippen LogP contribution in [-0.4, -0.2) is 71.6 Å². The van der Waals surface area contributed by atoms with Gasteiger partial charge in [0.05, 0.1) is 11.5 Å². The predicted molar refractivity (Wildman–Crippen MR) is 93.8 cm³/mol. The maximum Gasteiger partial charge on any atom is 0.309 e. The number of carboxylic acids is 1. The van der Waals surface area contributed by atoms with E-state index < -0.39 is 17.4 Å². The van der Waals surface area contributed by atoms with E-state index in [1.807, 2.05) is 32.1 Å². The molecule has 3 heterocycles. The molecular formula is C17H25N5O3. The van der Waals surface area contributed by atoms with Gasteiger partial charge in [-0.2, -0.15) is 4.98 Å². The van der Waals surface area contributed by atoms with Gasteiger partial charge in [-0.25, -0.2) is 4.98 Å². The summed E-state index contributed by atoms with van der Waals surface area (Å²) in [6.45, 7) is 3.25. The Morgan fingerprint density at radius 1 is 1.36 bits per heavy atom. The monoisotopic (exact) mass is 347 g/mol. The first-order valence-electron chi connectivity index (χ1n) is 8.51. The Kier molecular flexibility index (Phi) is 4.30. The van der Waals surface area contributed by atoms with E-state index in [0.717, 1.165) is 11.4 Å². The van der Waals surface area contributed by atoms with Crippen molar-refractivity contribution in [3.63, 3.8) is 0 Å². The summed E-state index contributed by atoms with van der Waals surface area (Å²) in [7, 11) is 5.62. The van der Waals surface area contributed by atoms with Crippen LogP contribution in [0.4, 0.5) is 11.8 Å². The van der Waals surface area contributed by atoms with Crippen LogP contribution in [0.15, 0.2) is 6.20 Å². The Hall–Kier alpha value is -2.38. The van der Waals surface area contributed by atoms with Crippen molar-refractivity contribution in [1.29, 1.82) is 0 Å². The van der Waals surface area contributed by atoms with Gasteiger partial charge in [0.1, 0.15) is 5.82 Å². The van der Waals surface area contributed by atoms with Gasteiger partial charge in [-0.05, 0) is 19.8 Å². The van der Waals surface area contributed by atoms with Crippen molar-refractivity contribution >= 4 is 23.6 Å². The molecule has 8 nitrogen and oxygen atoms in total. The summed E-state index contributed by atoms with van der Waals surface area (Å²) >= 11 is 0. The normalized spacial score (nSPS) is 22.6. The molecule has 1 amide bonds. The molecule has 3 rings (SSSR count). The van der Waals surface area contributed by atoms with Gasteiger partial charge in [-0.1, -0.05) is 0 Å². The Bertz CT molecular complexity index is 698. The number of likely N-dealkylation sites (tertiary alicyclic amines) is 1. The highest BCUT2D eigenvalue weighted by Gasteiger charge is 2.55. The van der Waals surface area contributed by atoms with Gasteiger partial charge in [0.25, 0.3) is 0 Å². The van der Waals surface area contributed by atoms with E-state index in [9.17, 15) is 14.7 Å². The number of nitrogens with zero attached hydrogens (tertiary/aromatic N) is 5. The van der Waals surface area contributed by atoms with Gasteiger partial charge in [0.15, 0.2) is 0 Å².